The van der Waals surface area contributed by atoms with Crippen LogP contribution in [0.5, 0.6) is 0 Å². The predicted molar refractivity (Wildman–Crippen MR) is 82.2 cm³/mol. The number of fused-ring (bicyclic) bond motifs is 1. The molecular formula is C15H14BrNO2S. The van der Waals surface area contributed by atoms with Crippen molar-refractivity contribution in [2.75, 3.05) is 0 Å². The second kappa shape index (κ2) is 4.98. The third-order valence-electron chi connectivity index (χ3n) is 3.76. The van der Waals surface area contributed by atoms with Crippen molar-refractivity contribution in [3.8, 4) is 0 Å². The van der Waals surface area contributed by atoms with Gasteiger partial charge in [0.1, 0.15) is 0 Å². The molecule has 0 amide bonds. The minimum absolute atomic E-state index is 0.320. The van der Waals surface area contributed by atoms with Crippen LogP contribution in [0.3, 0.4) is 0 Å². The van der Waals surface area contributed by atoms with Crippen molar-refractivity contribution in [1.82, 2.24) is 0 Å². The van der Waals surface area contributed by atoms with Gasteiger partial charge in [-0.15, -0.1) is 0 Å². The van der Waals surface area contributed by atoms with E-state index in [0.29, 0.717) is 11.3 Å². The van der Waals surface area contributed by atoms with Gasteiger partial charge in [-0.2, -0.15) is 0 Å². The molecule has 2 N–H and O–H groups in total. The van der Waals surface area contributed by atoms with Gasteiger partial charge in [0, 0.05) is 10.5 Å². The first-order valence-corrected chi connectivity index (χ1v) is 8.67. The topological polar surface area (TPSA) is 60.2 Å². The van der Waals surface area contributed by atoms with Crippen LogP contribution in [-0.4, -0.2) is 13.7 Å². The van der Waals surface area contributed by atoms with E-state index >= 15 is 0 Å². The molecule has 2 atom stereocenters. The van der Waals surface area contributed by atoms with Gasteiger partial charge in [-0.25, -0.2) is 8.42 Å². The molecule has 0 saturated heterocycles. The number of sulfone groups is 1. The summed E-state index contributed by atoms with van der Waals surface area (Å²) in [5.74, 6) is 0. The summed E-state index contributed by atoms with van der Waals surface area (Å²) in [5.41, 5.74) is 8.13. The summed E-state index contributed by atoms with van der Waals surface area (Å²) in [6.45, 7) is 0. The molecule has 20 heavy (non-hydrogen) atoms. The minimum Gasteiger partial charge on any atom is -0.323 e. The lowest BCUT2D eigenvalue weighted by Crippen LogP contribution is -2.30. The molecular weight excluding hydrogens is 338 g/mol. The predicted octanol–water partition coefficient (Wildman–Crippen LogP) is 2.85. The van der Waals surface area contributed by atoms with E-state index in [-0.39, 0.29) is 0 Å². The third kappa shape index (κ3) is 2.20. The number of hydrogen-bond acceptors (Lipinski definition) is 3. The quantitative estimate of drug-likeness (QED) is 0.904. The Bertz CT molecular complexity index is 758. The Labute approximate surface area is 126 Å². The molecule has 2 aromatic rings. The van der Waals surface area contributed by atoms with E-state index in [1.807, 2.05) is 30.3 Å². The molecule has 5 heteroatoms. The fourth-order valence-corrected chi connectivity index (χ4v) is 5.10. The molecule has 0 aromatic heterocycles. The van der Waals surface area contributed by atoms with Crippen LogP contribution in [0, 0.1) is 0 Å². The minimum atomic E-state index is -3.43. The number of benzene rings is 2. The molecule has 3 nitrogen and oxygen atoms in total. The number of rotatable bonds is 2. The zero-order valence-corrected chi connectivity index (χ0v) is 13.1. The Hall–Kier alpha value is -1.17. The lowest BCUT2D eigenvalue weighted by Gasteiger charge is -2.17. The van der Waals surface area contributed by atoms with Crippen molar-refractivity contribution in [3.05, 3.63) is 64.1 Å². The van der Waals surface area contributed by atoms with Crippen LogP contribution in [0.15, 0.2) is 57.9 Å². The van der Waals surface area contributed by atoms with Crippen LogP contribution < -0.4 is 5.73 Å². The molecule has 0 radical (unpaired) electrons. The molecule has 2 aromatic carbocycles. The van der Waals surface area contributed by atoms with Gasteiger partial charge in [0.2, 0.25) is 0 Å². The Balaban J connectivity index is 2.03. The van der Waals surface area contributed by atoms with Crippen LogP contribution >= 0.6 is 15.9 Å². The van der Waals surface area contributed by atoms with E-state index in [9.17, 15) is 8.42 Å². The molecule has 1 aliphatic rings. The summed E-state index contributed by atoms with van der Waals surface area (Å²) >= 11 is 3.31. The van der Waals surface area contributed by atoms with Gasteiger partial charge in [0.15, 0.2) is 9.84 Å². The number of hydrogen-bond donors (Lipinski definition) is 1. The number of halogens is 1. The Morgan fingerprint density at radius 3 is 2.55 bits per heavy atom. The fraction of sp³-hybridized carbons (Fsp3) is 0.200. The normalized spacial score (nSPS) is 21.7. The SMILES string of the molecule is NC1c2ccccc2CC1S(=O)(=O)c1cccc(Br)c1. The standard InChI is InChI=1S/C15H14BrNO2S/c16-11-5-3-6-12(9-11)20(18,19)14-8-10-4-1-2-7-13(10)15(14)17/h1-7,9,14-15H,8,17H2. The zero-order valence-electron chi connectivity index (χ0n) is 10.7. The average Bonchev–Trinajstić information content (AvgIpc) is 2.77. The van der Waals surface area contributed by atoms with Gasteiger partial charge in [0.25, 0.3) is 0 Å². The van der Waals surface area contributed by atoms with Crippen molar-refractivity contribution < 1.29 is 8.42 Å². The summed E-state index contributed by atoms with van der Waals surface area (Å²) < 4.78 is 26.3. The van der Waals surface area contributed by atoms with Crippen molar-refractivity contribution in [3.63, 3.8) is 0 Å². The van der Waals surface area contributed by atoms with E-state index in [1.165, 1.54) is 0 Å². The first-order valence-electron chi connectivity index (χ1n) is 6.33. The largest absolute Gasteiger partial charge is 0.323 e. The molecule has 0 fully saturated rings. The summed E-state index contributed by atoms with van der Waals surface area (Å²) in [6.07, 6.45) is 0.478. The fourth-order valence-electron chi connectivity index (χ4n) is 2.71. The lowest BCUT2D eigenvalue weighted by molar-refractivity contribution is 0.565. The van der Waals surface area contributed by atoms with E-state index in [0.717, 1.165) is 15.6 Å². The molecule has 104 valence electrons. The van der Waals surface area contributed by atoms with E-state index in [2.05, 4.69) is 15.9 Å². The molecule has 2 unspecified atom stereocenters. The molecule has 3 rings (SSSR count). The van der Waals surface area contributed by atoms with Gasteiger partial charge in [-0.1, -0.05) is 46.3 Å². The Morgan fingerprint density at radius 2 is 1.85 bits per heavy atom. The van der Waals surface area contributed by atoms with Crippen LogP contribution in [0.2, 0.25) is 0 Å². The molecule has 1 aliphatic carbocycles. The molecule has 0 bridgehead atoms. The summed E-state index contributed by atoms with van der Waals surface area (Å²) in [6, 6.07) is 14.0. The highest BCUT2D eigenvalue weighted by molar-refractivity contribution is 9.10. The first kappa shape index (κ1) is 13.8. The Kier molecular flexibility index (Phi) is 3.44. The highest BCUT2D eigenvalue weighted by atomic mass is 79.9. The second-order valence-corrected chi connectivity index (χ2v) is 8.05. The molecule has 0 saturated carbocycles. The van der Waals surface area contributed by atoms with E-state index in [1.54, 1.807) is 18.2 Å². The Morgan fingerprint density at radius 1 is 1.10 bits per heavy atom. The lowest BCUT2D eigenvalue weighted by atomic mass is 10.1. The van der Waals surface area contributed by atoms with Gasteiger partial charge >= 0.3 is 0 Å². The van der Waals surface area contributed by atoms with Crippen molar-refractivity contribution in [2.24, 2.45) is 5.73 Å². The average molecular weight is 352 g/mol. The monoisotopic (exact) mass is 351 g/mol. The second-order valence-electron chi connectivity index (χ2n) is 4.97. The molecule has 0 heterocycles. The molecule has 0 spiro atoms. The maximum Gasteiger partial charge on any atom is 0.183 e. The van der Waals surface area contributed by atoms with Gasteiger partial charge in [0.05, 0.1) is 10.1 Å². The van der Waals surface area contributed by atoms with Gasteiger partial charge in [-0.05, 0) is 35.7 Å². The third-order valence-corrected chi connectivity index (χ3v) is 6.42. The van der Waals surface area contributed by atoms with E-state index in [4.69, 9.17) is 5.73 Å². The maximum absolute atomic E-state index is 12.8. The highest BCUT2D eigenvalue weighted by Gasteiger charge is 2.39. The highest BCUT2D eigenvalue weighted by Crippen LogP contribution is 2.36. The smallest absolute Gasteiger partial charge is 0.183 e. The van der Waals surface area contributed by atoms with Gasteiger partial charge < -0.3 is 5.73 Å². The summed E-state index contributed by atoms with van der Waals surface area (Å²) in [4.78, 5) is 0.320. The van der Waals surface area contributed by atoms with Crippen molar-refractivity contribution in [1.29, 1.82) is 0 Å². The van der Waals surface area contributed by atoms with Crippen LogP contribution in [0.4, 0.5) is 0 Å². The van der Waals surface area contributed by atoms with Crippen LogP contribution in [0.25, 0.3) is 0 Å². The maximum atomic E-state index is 12.8. The van der Waals surface area contributed by atoms with Crippen LogP contribution in [-0.2, 0) is 16.3 Å². The van der Waals surface area contributed by atoms with Crippen molar-refractivity contribution in [2.45, 2.75) is 22.6 Å². The zero-order chi connectivity index (χ0) is 14.3. The summed E-state index contributed by atoms with van der Waals surface area (Å²) in [5, 5.41) is -0.589. The first-order chi connectivity index (χ1) is 9.50. The summed E-state index contributed by atoms with van der Waals surface area (Å²) in [7, 11) is -3.43. The van der Waals surface area contributed by atoms with Crippen molar-refractivity contribution >= 4 is 25.8 Å². The molecule has 0 aliphatic heterocycles. The van der Waals surface area contributed by atoms with E-state index < -0.39 is 21.1 Å². The number of nitrogens with two attached hydrogens (primary N) is 1. The van der Waals surface area contributed by atoms with Gasteiger partial charge in [-0.3, -0.25) is 0 Å². The van der Waals surface area contributed by atoms with Crippen LogP contribution in [0.1, 0.15) is 17.2 Å².